The number of nitrogens with zero attached hydrogens (tertiary/aromatic N) is 1. The minimum absolute atomic E-state index is 0.304. The summed E-state index contributed by atoms with van der Waals surface area (Å²) in [6.45, 7) is 0. The molecule has 0 aromatic carbocycles. The molecule has 0 atom stereocenters. The first-order valence-corrected chi connectivity index (χ1v) is 8.92. The fourth-order valence-corrected chi connectivity index (χ4v) is 4.07. The van der Waals surface area contributed by atoms with Crippen LogP contribution >= 0.6 is 45.9 Å². The van der Waals surface area contributed by atoms with Crippen LogP contribution in [-0.4, -0.2) is 29.0 Å². The zero-order chi connectivity index (χ0) is 17.3. The van der Waals surface area contributed by atoms with E-state index in [0.717, 1.165) is 11.3 Å². The Morgan fingerprint density at radius 1 is 1.33 bits per heavy atom. The van der Waals surface area contributed by atoms with Gasteiger partial charge in [0.05, 0.1) is 22.7 Å². The Balaban J connectivity index is 1.76. The quantitative estimate of drug-likeness (QED) is 0.628. The van der Waals surface area contributed by atoms with Crippen molar-refractivity contribution in [3.05, 3.63) is 43.6 Å². The third kappa shape index (κ3) is 3.46. The van der Waals surface area contributed by atoms with Crippen LogP contribution in [0.5, 0.6) is 0 Å². The minimum Gasteiger partial charge on any atom is -0.464 e. The predicted molar refractivity (Wildman–Crippen MR) is 95.5 cm³/mol. The summed E-state index contributed by atoms with van der Waals surface area (Å²) in [4.78, 5) is 30.8. The highest BCUT2D eigenvalue weighted by Gasteiger charge is 2.17. The van der Waals surface area contributed by atoms with E-state index in [4.69, 9.17) is 23.2 Å². The number of halogens is 2. The number of carbonyl (C=O) groups excluding carboxylic acids is 2. The summed E-state index contributed by atoms with van der Waals surface area (Å²) in [5.41, 5.74) is 1.96. The fourth-order valence-electron chi connectivity index (χ4n) is 1.89. The molecular formula is C14H9Cl2N3O3S2. The highest BCUT2D eigenvalue weighted by molar-refractivity contribution is 7.20. The molecule has 6 nitrogen and oxygen atoms in total. The molecule has 0 spiro atoms. The molecule has 0 radical (unpaired) electrons. The normalized spacial score (nSPS) is 10.6. The molecule has 0 saturated carbocycles. The van der Waals surface area contributed by atoms with Gasteiger partial charge in [0.2, 0.25) is 0 Å². The molecule has 0 fully saturated rings. The first kappa shape index (κ1) is 17.0. The lowest BCUT2D eigenvalue weighted by Gasteiger charge is -1.99. The number of rotatable bonds is 4. The van der Waals surface area contributed by atoms with E-state index in [-0.39, 0.29) is 5.91 Å². The monoisotopic (exact) mass is 401 g/mol. The van der Waals surface area contributed by atoms with Gasteiger partial charge in [-0.2, -0.15) is 0 Å². The van der Waals surface area contributed by atoms with Crippen LogP contribution in [-0.2, 0) is 4.74 Å². The average Bonchev–Trinajstić information content (AvgIpc) is 3.26. The van der Waals surface area contributed by atoms with Gasteiger partial charge in [0.15, 0.2) is 5.13 Å². The van der Waals surface area contributed by atoms with E-state index in [9.17, 15) is 9.59 Å². The molecule has 0 unspecified atom stereocenters. The van der Waals surface area contributed by atoms with E-state index in [0.29, 0.717) is 36.3 Å². The molecule has 3 heterocycles. The zero-order valence-corrected chi connectivity index (χ0v) is 15.2. The second-order valence-corrected chi connectivity index (χ2v) is 7.67. The van der Waals surface area contributed by atoms with Crippen molar-refractivity contribution in [2.45, 2.75) is 0 Å². The number of esters is 1. The van der Waals surface area contributed by atoms with Crippen molar-refractivity contribution < 1.29 is 14.3 Å². The van der Waals surface area contributed by atoms with Gasteiger partial charge in [-0.15, -0.1) is 22.7 Å². The van der Waals surface area contributed by atoms with Gasteiger partial charge < -0.3 is 9.72 Å². The van der Waals surface area contributed by atoms with Crippen molar-refractivity contribution in [3.63, 3.8) is 0 Å². The Hall–Kier alpha value is -1.87. The summed E-state index contributed by atoms with van der Waals surface area (Å²) in [5.74, 6) is -0.845. The second-order valence-electron chi connectivity index (χ2n) is 4.52. The van der Waals surface area contributed by atoms with Crippen LogP contribution in [0.1, 0.15) is 20.8 Å². The van der Waals surface area contributed by atoms with Crippen molar-refractivity contribution in [1.82, 2.24) is 9.97 Å². The van der Waals surface area contributed by atoms with E-state index in [1.54, 1.807) is 17.6 Å². The fraction of sp³-hybridized carbons (Fsp3) is 0.0714. The zero-order valence-electron chi connectivity index (χ0n) is 12.1. The smallest absolute Gasteiger partial charge is 0.354 e. The van der Waals surface area contributed by atoms with Gasteiger partial charge in [-0.3, -0.25) is 10.1 Å². The first-order valence-electron chi connectivity index (χ1n) is 6.46. The number of thiazole rings is 1. The van der Waals surface area contributed by atoms with Crippen LogP contribution in [0.15, 0.2) is 23.7 Å². The maximum atomic E-state index is 12.2. The van der Waals surface area contributed by atoms with Crippen molar-refractivity contribution in [2.75, 3.05) is 12.4 Å². The van der Waals surface area contributed by atoms with Gasteiger partial charge in [0.1, 0.15) is 10.0 Å². The number of carbonyl (C=O) groups is 2. The van der Waals surface area contributed by atoms with Crippen LogP contribution < -0.4 is 5.32 Å². The number of ether oxygens (including phenoxy) is 1. The predicted octanol–water partition coefficient (Wildman–Crippen LogP) is 4.55. The largest absolute Gasteiger partial charge is 0.464 e. The molecular weight excluding hydrogens is 393 g/mol. The maximum Gasteiger partial charge on any atom is 0.354 e. The van der Waals surface area contributed by atoms with E-state index in [1.807, 2.05) is 0 Å². The van der Waals surface area contributed by atoms with E-state index >= 15 is 0 Å². The van der Waals surface area contributed by atoms with Gasteiger partial charge in [0.25, 0.3) is 5.91 Å². The van der Waals surface area contributed by atoms with E-state index in [2.05, 4.69) is 20.0 Å². The van der Waals surface area contributed by atoms with Gasteiger partial charge >= 0.3 is 5.97 Å². The summed E-state index contributed by atoms with van der Waals surface area (Å²) in [5, 5.41) is 4.85. The number of methoxy groups -OCH3 is 1. The van der Waals surface area contributed by atoms with E-state index < -0.39 is 5.97 Å². The molecule has 0 saturated heterocycles. The standard InChI is InChI=1S/C14H9Cl2N3O3S2/c1-22-13(21)8-2-6(4-17-8)9-5-23-14(18-9)19-12(20)7-3-10(15)24-11(7)16/h2-5,17H,1H3,(H,18,19,20). The number of hydrogen-bond donors (Lipinski definition) is 2. The van der Waals surface area contributed by atoms with Crippen molar-refractivity contribution in [3.8, 4) is 11.3 Å². The van der Waals surface area contributed by atoms with Crippen LogP contribution in [0, 0.1) is 0 Å². The van der Waals surface area contributed by atoms with Gasteiger partial charge in [-0.25, -0.2) is 9.78 Å². The van der Waals surface area contributed by atoms with Crippen molar-refractivity contribution in [2.24, 2.45) is 0 Å². The summed E-state index contributed by atoms with van der Waals surface area (Å²) in [6, 6.07) is 3.13. The molecule has 0 bridgehead atoms. The van der Waals surface area contributed by atoms with Gasteiger partial charge in [-0.05, 0) is 12.1 Å². The Kier molecular flexibility index (Phi) is 4.91. The molecule has 0 aliphatic carbocycles. The second kappa shape index (κ2) is 6.94. The topological polar surface area (TPSA) is 84.1 Å². The number of H-pyrrole nitrogens is 1. The van der Waals surface area contributed by atoms with Crippen LogP contribution in [0.25, 0.3) is 11.3 Å². The molecule has 1 amide bonds. The first-order chi connectivity index (χ1) is 11.5. The number of aromatic amines is 1. The van der Waals surface area contributed by atoms with E-state index in [1.165, 1.54) is 24.5 Å². The summed E-state index contributed by atoms with van der Waals surface area (Å²) < 4.78 is 5.40. The number of thiophene rings is 1. The number of anilines is 1. The van der Waals surface area contributed by atoms with Crippen LogP contribution in [0.2, 0.25) is 8.67 Å². The maximum absolute atomic E-state index is 12.2. The molecule has 124 valence electrons. The van der Waals surface area contributed by atoms with Crippen LogP contribution in [0.3, 0.4) is 0 Å². The highest BCUT2D eigenvalue weighted by atomic mass is 35.5. The Bertz CT molecular complexity index is 916. The van der Waals surface area contributed by atoms with Gasteiger partial charge in [0, 0.05) is 17.1 Å². The SMILES string of the molecule is COC(=O)c1cc(-c2csc(NC(=O)c3cc(Cl)sc3Cl)n2)c[nH]1. The molecule has 10 heteroatoms. The molecule has 2 N–H and O–H groups in total. The highest BCUT2D eigenvalue weighted by Crippen LogP contribution is 2.32. The van der Waals surface area contributed by atoms with Gasteiger partial charge in [-0.1, -0.05) is 23.2 Å². The Labute approximate surface area is 154 Å². The lowest BCUT2D eigenvalue weighted by molar-refractivity contribution is 0.0594. The molecule has 3 aromatic heterocycles. The number of amides is 1. The molecule has 0 aliphatic rings. The lowest BCUT2D eigenvalue weighted by Crippen LogP contribution is -2.11. The summed E-state index contributed by atoms with van der Waals surface area (Å²) >= 11 is 14.2. The molecule has 3 aromatic rings. The number of aromatic nitrogens is 2. The third-order valence-electron chi connectivity index (χ3n) is 3.01. The summed E-state index contributed by atoms with van der Waals surface area (Å²) in [7, 11) is 1.31. The lowest BCUT2D eigenvalue weighted by atomic mass is 10.2. The number of hydrogen-bond acceptors (Lipinski definition) is 6. The van der Waals surface area contributed by atoms with Crippen molar-refractivity contribution >= 4 is 62.9 Å². The number of nitrogens with one attached hydrogen (secondary N) is 2. The summed E-state index contributed by atoms with van der Waals surface area (Å²) in [6.07, 6.45) is 1.64. The Morgan fingerprint density at radius 3 is 2.79 bits per heavy atom. The van der Waals surface area contributed by atoms with Crippen LogP contribution in [0.4, 0.5) is 5.13 Å². The Morgan fingerprint density at radius 2 is 2.12 bits per heavy atom. The molecule has 0 aliphatic heterocycles. The third-order valence-corrected chi connectivity index (χ3v) is 5.26. The van der Waals surface area contributed by atoms with Crippen molar-refractivity contribution in [1.29, 1.82) is 0 Å². The molecule has 24 heavy (non-hydrogen) atoms. The minimum atomic E-state index is -0.464. The average molecular weight is 402 g/mol. The molecule has 3 rings (SSSR count).